The zero-order valence-electron chi connectivity index (χ0n) is 18.1. The number of thiazole rings is 1. The van der Waals surface area contributed by atoms with Gasteiger partial charge in [0.1, 0.15) is 16.9 Å². The fraction of sp³-hybridized carbons (Fsp3) is 0.0800. The van der Waals surface area contributed by atoms with Crippen molar-refractivity contribution in [3.05, 3.63) is 88.8 Å². The van der Waals surface area contributed by atoms with Crippen LogP contribution in [0.1, 0.15) is 16.5 Å². The Balaban J connectivity index is 1.37. The van der Waals surface area contributed by atoms with E-state index in [1.54, 1.807) is 42.5 Å². The number of benzene rings is 3. The van der Waals surface area contributed by atoms with Gasteiger partial charge >= 0.3 is 0 Å². The maximum atomic E-state index is 13.3. The molecule has 7 nitrogen and oxygen atoms in total. The van der Waals surface area contributed by atoms with Crippen LogP contribution in [0.5, 0.6) is 11.5 Å². The summed E-state index contributed by atoms with van der Waals surface area (Å²) in [5, 5.41) is 21.1. The molecule has 1 atom stereocenters. The van der Waals surface area contributed by atoms with E-state index < -0.39 is 11.3 Å². The zero-order chi connectivity index (χ0) is 24.4. The first-order chi connectivity index (χ1) is 17.0. The molecular weight excluding hydrogens is 502 g/mol. The summed E-state index contributed by atoms with van der Waals surface area (Å²) in [5.41, 5.74) is 4.56. The van der Waals surface area contributed by atoms with Crippen molar-refractivity contribution in [2.45, 2.75) is 9.71 Å². The summed E-state index contributed by atoms with van der Waals surface area (Å²) < 4.78 is 1.81. The Morgan fingerprint density at radius 1 is 1.03 bits per heavy atom. The lowest BCUT2D eigenvalue weighted by atomic mass is 10.2. The lowest BCUT2D eigenvalue weighted by molar-refractivity contribution is -0.137. The van der Waals surface area contributed by atoms with Crippen molar-refractivity contribution in [1.82, 2.24) is 15.4 Å². The van der Waals surface area contributed by atoms with E-state index >= 15 is 0 Å². The first-order valence-electron chi connectivity index (χ1n) is 10.6. The second-order valence-corrected chi connectivity index (χ2v) is 10.9. The van der Waals surface area contributed by atoms with Gasteiger partial charge in [0.25, 0.3) is 5.91 Å². The van der Waals surface area contributed by atoms with Crippen LogP contribution >= 0.6 is 34.9 Å². The van der Waals surface area contributed by atoms with Gasteiger partial charge in [0, 0.05) is 11.1 Å². The van der Waals surface area contributed by atoms with Crippen LogP contribution in [0, 0.1) is 0 Å². The molecule has 1 aliphatic rings. The smallest absolute Gasteiger partial charge is 0.280 e. The fourth-order valence-electron chi connectivity index (χ4n) is 3.51. The number of nitrogens with one attached hydrogen (secondary N) is 1. The fourth-order valence-corrected chi connectivity index (χ4v) is 6.59. The maximum Gasteiger partial charge on any atom is 0.280 e. The number of aromatic hydroxyl groups is 2. The van der Waals surface area contributed by atoms with Gasteiger partial charge in [-0.1, -0.05) is 72.1 Å². The van der Waals surface area contributed by atoms with E-state index in [9.17, 15) is 19.8 Å². The predicted octanol–water partition coefficient (Wildman–Crippen LogP) is 5.15. The van der Waals surface area contributed by atoms with E-state index in [2.05, 4.69) is 10.4 Å². The minimum absolute atomic E-state index is 0.0182. The van der Waals surface area contributed by atoms with Gasteiger partial charge in [-0.3, -0.25) is 15.0 Å². The number of aromatic nitrogens is 1. The molecule has 0 aliphatic carbocycles. The Bertz CT molecular complexity index is 1420. The molecule has 1 fully saturated rings. The van der Waals surface area contributed by atoms with E-state index in [0.717, 1.165) is 14.6 Å². The van der Waals surface area contributed by atoms with E-state index in [-0.39, 0.29) is 23.2 Å². The molecule has 0 saturated carbocycles. The monoisotopic (exact) mass is 521 g/mol. The number of hydrazine groups is 1. The first-order valence-corrected chi connectivity index (χ1v) is 13.2. The normalized spacial score (nSPS) is 16.8. The summed E-state index contributed by atoms with van der Waals surface area (Å²) in [6, 6.07) is 21.1. The number of rotatable bonds is 6. The molecule has 2 amide bonds. The maximum absolute atomic E-state index is 13.3. The zero-order valence-corrected chi connectivity index (χ0v) is 20.6. The lowest BCUT2D eigenvalue weighted by Gasteiger charge is -2.24. The highest BCUT2D eigenvalue weighted by molar-refractivity contribution is 8.04. The van der Waals surface area contributed by atoms with E-state index in [4.69, 9.17) is 0 Å². The molecule has 1 saturated heterocycles. The van der Waals surface area contributed by atoms with Crippen LogP contribution in [-0.4, -0.2) is 37.8 Å². The van der Waals surface area contributed by atoms with Gasteiger partial charge in [-0.25, -0.2) is 9.99 Å². The summed E-state index contributed by atoms with van der Waals surface area (Å²) in [6.45, 7) is 0. The second-order valence-electron chi connectivity index (χ2n) is 7.54. The molecule has 176 valence electrons. The Kier molecular flexibility index (Phi) is 6.67. The minimum Gasteiger partial charge on any atom is -0.508 e. The molecule has 1 aliphatic heterocycles. The van der Waals surface area contributed by atoms with Gasteiger partial charge in [-0.15, -0.1) is 11.3 Å². The number of thioether (sulfide) groups is 2. The molecule has 2 heterocycles. The van der Waals surface area contributed by atoms with Gasteiger partial charge in [-0.05, 0) is 30.3 Å². The van der Waals surface area contributed by atoms with Gasteiger partial charge in [0.2, 0.25) is 5.91 Å². The third kappa shape index (κ3) is 5.00. The Morgan fingerprint density at radius 3 is 2.51 bits per heavy atom. The number of phenolic OH excluding ortho intramolecular Hbond substituents is 2. The average Bonchev–Trinajstić information content (AvgIpc) is 3.41. The molecule has 0 bridgehead atoms. The first kappa shape index (κ1) is 23.3. The topological polar surface area (TPSA) is 103 Å². The SMILES string of the molecule is O=C(CSc1nc2ccccc2s1)NN1C(=O)/C(=C/c2ccccc2O)SC1c1ccccc1O. The van der Waals surface area contributed by atoms with Crippen molar-refractivity contribution in [3.63, 3.8) is 0 Å². The number of para-hydroxylation sites is 3. The molecule has 1 aromatic heterocycles. The molecule has 3 aromatic carbocycles. The van der Waals surface area contributed by atoms with Crippen LogP contribution in [0.2, 0.25) is 0 Å². The Hall–Kier alpha value is -3.47. The van der Waals surface area contributed by atoms with Gasteiger partial charge < -0.3 is 10.2 Å². The largest absolute Gasteiger partial charge is 0.508 e. The number of phenols is 2. The van der Waals surface area contributed by atoms with E-state index in [1.807, 2.05) is 24.3 Å². The van der Waals surface area contributed by atoms with Crippen LogP contribution in [0.25, 0.3) is 16.3 Å². The van der Waals surface area contributed by atoms with Crippen molar-refractivity contribution in [1.29, 1.82) is 0 Å². The van der Waals surface area contributed by atoms with Crippen molar-refractivity contribution in [3.8, 4) is 11.5 Å². The lowest BCUT2D eigenvalue weighted by Crippen LogP contribution is -2.45. The van der Waals surface area contributed by atoms with Crippen LogP contribution in [0.4, 0.5) is 0 Å². The summed E-state index contributed by atoms with van der Waals surface area (Å²) in [4.78, 5) is 31.0. The van der Waals surface area contributed by atoms with Crippen LogP contribution < -0.4 is 5.43 Å². The van der Waals surface area contributed by atoms with E-state index in [0.29, 0.717) is 16.0 Å². The number of amides is 2. The number of carbonyl (C=O) groups is 2. The number of hydrogen-bond donors (Lipinski definition) is 3. The molecule has 5 rings (SSSR count). The third-order valence-corrected chi connectivity index (χ3v) is 8.59. The van der Waals surface area contributed by atoms with Crippen molar-refractivity contribution < 1.29 is 19.8 Å². The summed E-state index contributed by atoms with van der Waals surface area (Å²) in [5.74, 6) is -0.662. The minimum atomic E-state index is -0.669. The summed E-state index contributed by atoms with van der Waals surface area (Å²) >= 11 is 4.00. The van der Waals surface area contributed by atoms with Gasteiger partial charge in [0.15, 0.2) is 4.34 Å². The number of carbonyl (C=O) groups excluding carboxylic acids is 2. The molecule has 35 heavy (non-hydrogen) atoms. The summed E-state index contributed by atoms with van der Waals surface area (Å²) in [7, 11) is 0. The molecule has 0 radical (unpaired) electrons. The molecule has 0 spiro atoms. The number of hydrogen-bond acceptors (Lipinski definition) is 8. The van der Waals surface area contributed by atoms with Crippen molar-refractivity contribution >= 4 is 63.0 Å². The second kappa shape index (κ2) is 10.0. The Morgan fingerprint density at radius 2 is 1.74 bits per heavy atom. The average molecular weight is 522 g/mol. The van der Waals surface area contributed by atoms with Crippen molar-refractivity contribution in [2.24, 2.45) is 0 Å². The van der Waals surface area contributed by atoms with Crippen LogP contribution in [0.3, 0.4) is 0 Å². The molecule has 3 N–H and O–H groups in total. The molecule has 10 heteroatoms. The third-order valence-electron chi connectivity index (χ3n) is 5.18. The number of nitrogens with zero attached hydrogens (tertiary/aromatic N) is 2. The standard InChI is InChI=1S/C25H19N3O4S3/c29-18-10-4-1-7-15(18)13-21-23(32)28(24(34-21)16-8-2-5-11-19(16)30)27-22(31)14-33-25-26-17-9-3-6-12-20(17)35-25/h1-13,24,29-30H,14H2,(H,27,31)/b21-13-. The molecule has 1 unspecified atom stereocenters. The highest BCUT2D eigenvalue weighted by Gasteiger charge is 2.39. The molecule has 4 aromatic rings. The molecular formula is C25H19N3O4S3. The highest BCUT2D eigenvalue weighted by Crippen LogP contribution is 2.47. The summed E-state index contributed by atoms with van der Waals surface area (Å²) in [6.07, 6.45) is 1.58. The van der Waals surface area contributed by atoms with E-state index in [1.165, 1.54) is 52.0 Å². The predicted molar refractivity (Wildman–Crippen MR) is 140 cm³/mol. The van der Waals surface area contributed by atoms with Gasteiger partial charge in [0.05, 0.1) is 20.9 Å². The quantitative estimate of drug-likeness (QED) is 0.238. The van der Waals surface area contributed by atoms with Gasteiger partial charge in [-0.2, -0.15) is 0 Å². The van der Waals surface area contributed by atoms with Crippen molar-refractivity contribution in [2.75, 3.05) is 5.75 Å². The van der Waals surface area contributed by atoms with Crippen LogP contribution in [-0.2, 0) is 9.59 Å². The Labute approximate surface area is 213 Å². The highest BCUT2D eigenvalue weighted by atomic mass is 32.2. The number of fused-ring (bicyclic) bond motifs is 1. The van der Waals surface area contributed by atoms with Crippen LogP contribution in [0.15, 0.2) is 82.0 Å².